The van der Waals surface area contributed by atoms with Gasteiger partial charge < -0.3 is 24.8 Å². The Morgan fingerprint density at radius 3 is 2.18 bits per heavy atom. The summed E-state index contributed by atoms with van der Waals surface area (Å²) in [5.74, 6) is 0.366. The van der Waals surface area contributed by atoms with Crippen molar-refractivity contribution in [1.82, 2.24) is 10.6 Å². The standard InChI is InChI=1S/C26H23FN2O5/c1-32-20-11-5-17(6-12-20)23-22(25(30)33-2)24(29-26(31)28-23)18-7-13-21(14-8-18)34-15-16-3-9-19(27)10-4-16/h3-14,24H,15H2,1-2H3,(H2,28,29,31). The first-order chi connectivity index (χ1) is 16.5. The van der Waals surface area contributed by atoms with Crippen molar-refractivity contribution in [3.8, 4) is 11.5 Å². The molecule has 1 atom stereocenters. The highest BCUT2D eigenvalue weighted by Crippen LogP contribution is 2.33. The lowest BCUT2D eigenvalue weighted by Crippen LogP contribution is -2.45. The summed E-state index contributed by atoms with van der Waals surface area (Å²) in [5.41, 5.74) is 2.78. The van der Waals surface area contributed by atoms with E-state index in [-0.39, 0.29) is 18.0 Å². The molecule has 7 nitrogen and oxygen atoms in total. The molecule has 2 amide bonds. The molecule has 4 rings (SSSR count). The number of hydrogen-bond acceptors (Lipinski definition) is 5. The molecule has 0 spiro atoms. The van der Waals surface area contributed by atoms with Crippen molar-refractivity contribution in [2.45, 2.75) is 12.6 Å². The number of rotatable bonds is 7. The fourth-order valence-corrected chi connectivity index (χ4v) is 3.63. The first-order valence-electron chi connectivity index (χ1n) is 10.5. The van der Waals surface area contributed by atoms with Crippen molar-refractivity contribution in [3.63, 3.8) is 0 Å². The van der Waals surface area contributed by atoms with E-state index in [0.717, 1.165) is 5.56 Å². The Morgan fingerprint density at radius 2 is 1.56 bits per heavy atom. The highest BCUT2D eigenvalue weighted by Gasteiger charge is 2.34. The first kappa shape index (κ1) is 22.8. The number of esters is 1. The summed E-state index contributed by atoms with van der Waals surface area (Å²) in [4.78, 5) is 25.2. The van der Waals surface area contributed by atoms with Crippen molar-refractivity contribution < 1.29 is 28.2 Å². The predicted molar refractivity (Wildman–Crippen MR) is 124 cm³/mol. The number of benzene rings is 3. The van der Waals surface area contributed by atoms with Crippen LogP contribution in [-0.4, -0.2) is 26.2 Å². The smallest absolute Gasteiger partial charge is 0.338 e. The summed E-state index contributed by atoms with van der Waals surface area (Å²) < 4.78 is 29.1. The van der Waals surface area contributed by atoms with Crippen molar-refractivity contribution in [3.05, 3.63) is 101 Å². The number of amides is 2. The summed E-state index contributed by atoms with van der Waals surface area (Å²) in [6.07, 6.45) is 0. The van der Waals surface area contributed by atoms with Crippen LogP contribution in [0.2, 0.25) is 0 Å². The van der Waals surface area contributed by atoms with Crippen LogP contribution in [-0.2, 0) is 16.1 Å². The monoisotopic (exact) mass is 462 g/mol. The highest BCUT2D eigenvalue weighted by atomic mass is 19.1. The molecule has 0 radical (unpaired) electrons. The van der Waals surface area contributed by atoms with Crippen LogP contribution in [0.4, 0.5) is 9.18 Å². The van der Waals surface area contributed by atoms with Gasteiger partial charge in [0.2, 0.25) is 0 Å². The van der Waals surface area contributed by atoms with Crippen LogP contribution in [0.25, 0.3) is 5.70 Å². The lowest BCUT2D eigenvalue weighted by molar-refractivity contribution is -0.136. The zero-order valence-electron chi connectivity index (χ0n) is 18.6. The largest absolute Gasteiger partial charge is 0.497 e. The molecule has 0 bridgehead atoms. The van der Waals surface area contributed by atoms with E-state index in [1.54, 1.807) is 67.8 Å². The lowest BCUT2D eigenvalue weighted by atomic mass is 9.92. The molecule has 0 saturated carbocycles. The van der Waals surface area contributed by atoms with Crippen molar-refractivity contribution in [2.75, 3.05) is 14.2 Å². The molecule has 3 aromatic rings. The Morgan fingerprint density at radius 1 is 0.912 bits per heavy atom. The Bertz CT molecular complexity index is 1210. The maximum Gasteiger partial charge on any atom is 0.338 e. The zero-order valence-corrected chi connectivity index (χ0v) is 18.6. The number of carbonyl (C=O) groups is 2. The van der Waals surface area contributed by atoms with E-state index in [1.807, 2.05) is 0 Å². The molecule has 3 aromatic carbocycles. The second-order valence-electron chi connectivity index (χ2n) is 7.52. The third-order valence-corrected chi connectivity index (χ3v) is 5.39. The molecule has 1 aliphatic rings. The number of nitrogens with one attached hydrogen (secondary N) is 2. The van der Waals surface area contributed by atoms with Crippen molar-refractivity contribution in [1.29, 1.82) is 0 Å². The lowest BCUT2D eigenvalue weighted by Gasteiger charge is -2.29. The normalized spacial score (nSPS) is 15.3. The number of carbonyl (C=O) groups excluding carboxylic acids is 2. The molecule has 1 unspecified atom stereocenters. The minimum absolute atomic E-state index is 0.271. The van der Waals surface area contributed by atoms with Gasteiger partial charge in [-0.25, -0.2) is 14.0 Å². The number of halogens is 1. The Labute approximate surface area is 196 Å². The van der Waals surface area contributed by atoms with Gasteiger partial charge in [-0.2, -0.15) is 0 Å². The van der Waals surface area contributed by atoms with E-state index in [1.165, 1.54) is 19.2 Å². The van der Waals surface area contributed by atoms with Crippen molar-refractivity contribution >= 4 is 17.7 Å². The second kappa shape index (κ2) is 10.1. The molecular formula is C26H23FN2O5. The van der Waals surface area contributed by atoms with Gasteiger partial charge in [0.1, 0.15) is 23.9 Å². The summed E-state index contributed by atoms with van der Waals surface area (Å²) in [7, 11) is 2.85. The summed E-state index contributed by atoms with van der Waals surface area (Å²) in [5, 5.41) is 5.52. The summed E-state index contributed by atoms with van der Waals surface area (Å²) in [6.45, 7) is 0.276. The van der Waals surface area contributed by atoms with Crippen LogP contribution in [0.15, 0.2) is 78.4 Å². The maximum absolute atomic E-state index is 13.1. The Balaban J connectivity index is 1.62. The van der Waals surface area contributed by atoms with Gasteiger partial charge in [0.25, 0.3) is 0 Å². The molecular weight excluding hydrogens is 439 g/mol. The molecule has 0 fully saturated rings. The third kappa shape index (κ3) is 5.01. The van der Waals surface area contributed by atoms with Crippen LogP contribution in [0.1, 0.15) is 22.7 Å². The molecule has 0 saturated heterocycles. The zero-order chi connectivity index (χ0) is 24.1. The average Bonchev–Trinajstić information content (AvgIpc) is 2.88. The van der Waals surface area contributed by atoms with E-state index in [9.17, 15) is 14.0 Å². The van der Waals surface area contributed by atoms with Gasteiger partial charge in [0, 0.05) is 0 Å². The Hall–Kier alpha value is -4.33. The van der Waals surface area contributed by atoms with Gasteiger partial charge in [-0.05, 0) is 65.2 Å². The van der Waals surface area contributed by atoms with Gasteiger partial charge in [-0.1, -0.05) is 24.3 Å². The molecule has 34 heavy (non-hydrogen) atoms. The van der Waals surface area contributed by atoms with Gasteiger partial charge in [0.15, 0.2) is 0 Å². The van der Waals surface area contributed by atoms with E-state index in [0.29, 0.717) is 28.3 Å². The molecule has 1 heterocycles. The second-order valence-corrected chi connectivity index (χ2v) is 7.52. The molecule has 0 aromatic heterocycles. The molecule has 1 aliphatic heterocycles. The predicted octanol–water partition coefficient (Wildman–Crippen LogP) is 4.35. The van der Waals surface area contributed by atoms with Crippen LogP contribution >= 0.6 is 0 Å². The molecule has 8 heteroatoms. The van der Waals surface area contributed by atoms with E-state index in [2.05, 4.69) is 10.6 Å². The van der Waals surface area contributed by atoms with Gasteiger partial charge in [-0.15, -0.1) is 0 Å². The highest BCUT2D eigenvalue weighted by molar-refractivity contribution is 6.04. The van der Waals surface area contributed by atoms with E-state index >= 15 is 0 Å². The van der Waals surface area contributed by atoms with Crippen LogP contribution in [0.5, 0.6) is 11.5 Å². The van der Waals surface area contributed by atoms with Crippen LogP contribution < -0.4 is 20.1 Å². The minimum atomic E-state index is -0.732. The fraction of sp³-hybridized carbons (Fsp3) is 0.154. The van der Waals surface area contributed by atoms with Gasteiger partial charge >= 0.3 is 12.0 Å². The number of ether oxygens (including phenoxy) is 3. The average molecular weight is 462 g/mol. The van der Waals surface area contributed by atoms with Gasteiger partial charge in [-0.3, -0.25) is 0 Å². The summed E-state index contributed by atoms with van der Waals surface area (Å²) in [6, 6.07) is 18.9. The third-order valence-electron chi connectivity index (χ3n) is 5.39. The Kier molecular flexibility index (Phi) is 6.77. The molecule has 174 valence electrons. The van der Waals surface area contributed by atoms with Crippen LogP contribution in [0, 0.1) is 5.82 Å². The fourth-order valence-electron chi connectivity index (χ4n) is 3.63. The quantitative estimate of drug-likeness (QED) is 0.510. The maximum atomic E-state index is 13.1. The molecule has 2 N–H and O–H groups in total. The number of methoxy groups -OCH3 is 2. The minimum Gasteiger partial charge on any atom is -0.497 e. The van der Waals surface area contributed by atoms with E-state index < -0.39 is 18.0 Å². The van der Waals surface area contributed by atoms with E-state index in [4.69, 9.17) is 14.2 Å². The van der Waals surface area contributed by atoms with Crippen molar-refractivity contribution in [2.24, 2.45) is 0 Å². The number of urea groups is 1. The molecule has 0 aliphatic carbocycles. The topological polar surface area (TPSA) is 85.9 Å². The van der Waals surface area contributed by atoms with Crippen LogP contribution in [0.3, 0.4) is 0 Å². The van der Waals surface area contributed by atoms with Gasteiger partial charge in [0.05, 0.1) is 31.5 Å². The first-order valence-corrected chi connectivity index (χ1v) is 10.5. The SMILES string of the molecule is COC(=O)C1=C(c2ccc(OC)cc2)NC(=O)NC1c1ccc(OCc2ccc(F)cc2)cc1. The summed E-state index contributed by atoms with van der Waals surface area (Å²) >= 11 is 0. The number of hydrogen-bond donors (Lipinski definition) is 2.